The Bertz CT molecular complexity index is 1340. The van der Waals surface area contributed by atoms with Gasteiger partial charge in [0.05, 0.1) is 31.8 Å². The van der Waals surface area contributed by atoms with Crippen LogP contribution in [-0.4, -0.2) is 80.9 Å². The Labute approximate surface area is 258 Å². The Balaban J connectivity index is 1.21. The minimum atomic E-state index is -1.31. The summed E-state index contributed by atoms with van der Waals surface area (Å²) < 4.78 is 50.7. The summed E-state index contributed by atoms with van der Waals surface area (Å²) in [5.41, 5.74) is 0.399. The van der Waals surface area contributed by atoms with E-state index in [2.05, 4.69) is 15.9 Å². The average molecular weight is 609 g/mol. The number of halogens is 3. The Morgan fingerprint density at radius 1 is 0.977 bits per heavy atom. The number of hydrogen-bond donors (Lipinski definition) is 0. The van der Waals surface area contributed by atoms with E-state index in [1.54, 1.807) is 12.1 Å². The largest absolute Gasteiger partial charge is 0.469 e. The second-order valence-electron chi connectivity index (χ2n) is 13.6. The van der Waals surface area contributed by atoms with Crippen molar-refractivity contribution in [1.82, 2.24) is 9.80 Å². The van der Waals surface area contributed by atoms with Gasteiger partial charge in [0.25, 0.3) is 0 Å². The fourth-order valence-corrected chi connectivity index (χ4v) is 8.75. The number of carbonyl (C=O) groups is 1. The minimum absolute atomic E-state index is 0.0883. The van der Waals surface area contributed by atoms with Gasteiger partial charge >= 0.3 is 5.97 Å². The van der Waals surface area contributed by atoms with Gasteiger partial charge in [-0.25, -0.2) is 13.2 Å². The normalized spacial score (nSPS) is 25.5. The zero-order valence-electron chi connectivity index (χ0n) is 25.6. The first kappa shape index (κ1) is 30.9. The van der Waals surface area contributed by atoms with Crippen molar-refractivity contribution in [3.05, 3.63) is 65.2 Å². The van der Waals surface area contributed by atoms with E-state index in [1.165, 1.54) is 19.2 Å². The van der Waals surface area contributed by atoms with Crippen molar-refractivity contribution in [2.45, 2.75) is 56.0 Å². The first-order chi connectivity index (χ1) is 21.2. The van der Waals surface area contributed by atoms with Gasteiger partial charge < -0.3 is 14.5 Å². The number of ether oxygens (including phenoxy) is 1. The summed E-state index contributed by atoms with van der Waals surface area (Å²) in [6, 6.07) is 13.4. The number of piperidine rings is 1. The van der Waals surface area contributed by atoms with Gasteiger partial charge in [-0.15, -0.1) is 0 Å². The number of nitrogens with zero attached hydrogens (tertiary/aromatic N) is 4. The van der Waals surface area contributed by atoms with Crippen LogP contribution in [0.15, 0.2) is 42.5 Å². The highest BCUT2D eigenvalue weighted by Gasteiger charge is 2.53. The SMILES string of the molecule is COC(=O)C[C@H]1CCC[C@@H]1[C@](CN1CCC1)(c1cc(F)cc(F)c1)C1CCN(CC2(F)CN(c3ccc(C#N)cc3)C2)CC1. The van der Waals surface area contributed by atoms with Gasteiger partial charge in [0.15, 0.2) is 5.67 Å². The predicted molar refractivity (Wildman–Crippen MR) is 163 cm³/mol. The summed E-state index contributed by atoms with van der Waals surface area (Å²) in [6.45, 7) is 5.08. The zero-order valence-corrected chi connectivity index (χ0v) is 25.6. The molecule has 3 atom stereocenters. The van der Waals surface area contributed by atoms with Crippen molar-refractivity contribution < 1.29 is 22.7 Å². The van der Waals surface area contributed by atoms with E-state index in [0.717, 1.165) is 83.0 Å². The van der Waals surface area contributed by atoms with Crippen molar-refractivity contribution in [3.8, 4) is 6.07 Å². The molecule has 3 heterocycles. The molecule has 236 valence electrons. The number of hydrogen-bond acceptors (Lipinski definition) is 6. The monoisotopic (exact) mass is 608 g/mol. The number of alkyl halides is 1. The van der Waals surface area contributed by atoms with E-state index >= 15 is 4.39 Å². The van der Waals surface area contributed by atoms with Gasteiger partial charge in [-0.3, -0.25) is 9.69 Å². The van der Waals surface area contributed by atoms with Crippen LogP contribution < -0.4 is 4.90 Å². The fourth-order valence-electron chi connectivity index (χ4n) is 8.75. The van der Waals surface area contributed by atoms with Crippen molar-refractivity contribution in [2.24, 2.45) is 17.8 Å². The third-order valence-corrected chi connectivity index (χ3v) is 10.9. The second kappa shape index (κ2) is 12.7. The molecule has 0 aromatic heterocycles. The van der Waals surface area contributed by atoms with Crippen LogP contribution in [0.1, 0.15) is 56.1 Å². The maximum absolute atomic E-state index is 15.9. The van der Waals surface area contributed by atoms with Gasteiger partial charge in [0, 0.05) is 36.7 Å². The molecule has 44 heavy (non-hydrogen) atoms. The van der Waals surface area contributed by atoms with Crippen LogP contribution in [0.4, 0.5) is 18.9 Å². The molecule has 3 saturated heterocycles. The van der Waals surface area contributed by atoms with Gasteiger partial charge in [-0.05, 0) is 118 Å². The van der Waals surface area contributed by atoms with Crippen LogP contribution in [0.2, 0.25) is 0 Å². The molecule has 1 saturated carbocycles. The standard InChI is InChI=1S/C35H43F3N4O2/c1-44-33(43)16-26-4-2-5-32(26)35(24-40-12-3-13-40,28-17-29(36)19-30(37)18-28)27-10-14-41(15-11-27)21-34(38)22-42(23-34)31-8-6-25(20-39)7-9-31/h6-9,17-19,26-27,32H,2-5,10-16,21-24H2,1H3/t26-,32+,35+/m1/s1. The maximum atomic E-state index is 15.9. The lowest BCUT2D eigenvalue weighted by Gasteiger charge is -2.54. The predicted octanol–water partition coefficient (Wildman–Crippen LogP) is 5.70. The molecule has 0 amide bonds. The van der Waals surface area contributed by atoms with Crippen LogP contribution in [0.25, 0.3) is 0 Å². The summed E-state index contributed by atoms with van der Waals surface area (Å²) in [5, 5.41) is 9.06. The van der Waals surface area contributed by atoms with E-state index in [-0.39, 0.29) is 23.7 Å². The van der Waals surface area contributed by atoms with E-state index < -0.39 is 22.7 Å². The smallest absolute Gasteiger partial charge is 0.305 e. The number of nitriles is 1. The molecule has 0 spiro atoms. The lowest BCUT2D eigenvalue weighted by atomic mass is 9.56. The zero-order chi connectivity index (χ0) is 30.9. The highest BCUT2D eigenvalue weighted by molar-refractivity contribution is 5.69. The Morgan fingerprint density at radius 2 is 1.66 bits per heavy atom. The molecule has 0 radical (unpaired) electrons. The number of methoxy groups -OCH3 is 1. The Kier molecular flexibility index (Phi) is 8.94. The molecule has 4 aliphatic rings. The van der Waals surface area contributed by atoms with E-state index in [1.807, 2.05) is 17.0 Å². The van der Waals surface area contributed by atoms with Crippen LogP contribution in [0.3, 0.4) is 0 Å². The quantitative estimate of drug-likeness (QED) is 0.323. The minimum Gasteiger partial charge on any atom is -0.469 e. The van der Waals surface area contributed by atoms with E-state index in [0.29, 0.717) is 37.2 Å². The summed E-state index contributed by atoms with van der Waals surface area (Å²) in [6.07, 6.45) is 5.83. The molecule has 2 aromatic carbocycles. The second-order valence-corrected chi connectivity index (χ2v) is 13.6. The van der Waals surface area contributed by atoms with Gasteiger partial charge in [-0.2, -0.15) is 5.26 Å². The van der Waals surface area contributed by atoms with Gasteiger partial charge in [-0.1, -0.05) is 6.42 Å². The number of likely N-dealkylation sites (tertiary alicyclic amines) is 2. The van der Waals surface area contributed by atoms with Crippen molar-refractivity contribution in [3.63, 3.8) is 0 Å². The van der Waals surface area contributed by atoms with Crippen LogP contribution in [-0.2, 0) is 14.9 Å². The molecule has 0 unspecified atom stereocenters. The highest BCUT2D eigenvalue weighted by atomic mass is 19.1. The van der Waals surface area contributed by atoms with Crippen LogP contribution >= 0.6 is 0 Å². The van der Waals surface area contributed by atoms with E-state index in [9.17, 15) is 13.6 Å². The lowest BCUT2D eigenvalue weighted by molar-refractivity contribution is -0.142. The molecule has 6 nitrogen and oxygen atoms in total. The van der Waals surface area contributed by atoms with Crippen molar-refractivity contribution >= 4 is 11.7 Å². The molecular weight excluding hydrogens is 565 g/mol. The highest BCUT2D eigenvalue weighted by Crippen LogP contribution is 2.54. The first-order valence-corrected chi connectivity index (χ1v) is 16.1. The number of carbonyl (C=O) groups excluding carboxylic acids is 1. The molecule has 0 bridgehead atoms. The molecular formula is C35H43F3N4O2. The molecule has 3 aliphatic heterocycles. The molecule has 2 aromatic rings. The average Bonchev–Trinajstić information content (AvgIpc) is 3.44. The summed E-state index contributed by atoms with van der Waals surface area (Å²) in [7, 11) is 1.42. The lowest BCUT2D eigenvalue weighted by Crippen LogP contribution is -2.64. The summed E-state index contributed by atoms with van der Waals surface area (Å²) in [4.78, 5) is 19.1. The molecule has 0 N–H and O–H groups in total. The first-order valence-electron chi connectivity index (χ1n) is 16.1. The van der Waals surface area contributed by atoms with Gasteiger partial charge in [0.1, 0.15) is 11.6 Å². The summed E-state index contributed by atoms with van der Waals surface area (Å²) in [5.74, 6) is -1.03. The van der Waals surface area contributed by atoms with Crippen LogP contribution in [0.5, 0.6) is 0 Å². The van der Waals surface area contributed by atoms with Crippen molar-refractivity contribution in [1.29, 1.82) is 5.26 Å². The molecule has 6 rings (SSSR count). The molecule has 9 heteroatoms. The Morgan fingerprint density at radius 3 is 2.25 bits per heavy atom. The number of rotatable bonds is 10. The van der Waals surface area contributed by atoms with E-state index in [4.69, 9.17) is 10.00 Å². The summed E-state index contributed by atoms with van der Waals surface area (Å²) >= 11 is 0. The number of anilines is 1. The third-order valence-electron chi connectivity index (χ3n) is 10.9. The molecule has 1 aliphatic carbocycles. The molecule has 4 fully saturated rings. The number of benzene rings is 2. The topological polar surface area (TPSA) is 59.8 Å². The van der Waals surface area contributed by atoms with Crippen molar-refractivity contribution in [2.75, 3.05) is 64.4 Å². The third kappa shape index (κ3) is 6.21. The van der Waals surface area contributed by atoms with Crippen LogP contribution in [0, 0.1) is 40.7 Å². The number of esters is 1. The fraction of sp³-hybridized carbons (Fsp3) is 0.600. The maximum Gasteiger partial charge on any atom is 0.305 e. The Hall–Kier alpha value is -3.09. The van der Waals surface area contributed by atoms with Gasteiger partial charge in [0.2, 0.25) is 0 Å².